The molecule has 2 N–H and O–H groups in total. The van der Waals surface area contributed by atoms with Gasteiger partial charge in [-0.25, -0.2) is 0 Å². The van der Waals surface area contributed by atoms with Gasteiger partial charge in [0.15, 0.2) is 0 Å². The number of hydrogen-bond donors (Lipinski definition) is 2. The predicted octanol–water partition coefficient (Wildman–Crippen LogP) is 6.33. The Bertz CT molecular complexity index is 1900. The number of hydrazine groups is 1. The topological polar surface area (TPSA) is 116 Å². The molecule has 9 nitrogen and oxygen atoms in total. The Labute approximate surface area is 288 Å². The predicted molar refractivity (Wildman–Crippen MR) is 181 cm³/mol. The molecule has 3 fully saturated rings. The van der Waals surface area contributed by atoms with Crippen LogP contribution in [0.25, 0.3) is 0 Å². The molecule has 2 heterocycles. The number of carbonyl (C=O) groups excluding carboxylic acids is 4. The normalized spacial score (nSPS) is 27.9. The van der Waals surface area contributed by atoms with E-state index in [1.54, 1.807) is 52.1 Å². The lowest BCUT2D eigenvalue weighted by Gasteiger charge is -2.50. The van der Waals surface area contributed by atoms with Gasteiger partial charge in [-0.1, -0.05) is 59.1 Å². The molecule has 4 amide bonds. The number of phenols is 1. The van der Waals surface area contributed by atoms with Crippen LogP contribution in [-0.4, -0.2) is 52.3 Å². The van der Waals surface area contributed by atoms with Crippen molar-refractivity contribution in [1.29, 1.82) is 0 Å². The summed E-state index contributed by atoms with van der Waals surface area (Å²) in [6.45, 7) is 5.64. The van der Waals surface area contributed by atoms with E-state index in [1.165, 1.54) is 11.0 Å². The number of ether oxygens (including phenoxy) is 1. The van der Waals surface area contributed by atoms with E-state index in [0.29, 0.717) is 39.6 Å². The van der Waals surface area contributed by atoms with Crippen molar-refractivity contribution in [2.24, 2.45) is 23.7 Å². The number of nitrogens with zero attached hydrogens (tertiary/aromatic N) is 2. The molecule has 48 heavy (non-hydrogen) atoms. The summed E-state index contributed by atoms with van der Waals surface area (Å²) in [6.07, 6.45) is 2.54. The second-order valence-corrected chi connectivity index (χ2v) is 14.0. The fraction of sp³-hybridized carbons (Fsp3) is 0.351. The third kappa shape index (κ3) is 4.50. The van der Waals surface area contributed by atoms with Crippen molar-refractivity contribution in [3.05, 3.63) is 98.5 Å². The molecule has 11 heteroatoms. The van der Waals surface area contributed by atoms with Crippen LogP contribution in [0.5, 0.6) is 11.5 Å². The summed E-state index contributed by atoms with van der Waals surface area (Å²) < 4.78 is 5.46. The summed E-state index contributed by atoms with van der Waals surface area (Å²) in [5, 5.41) is 12.5. The highest BCUT2D eigenvalue weighted by Crippen LogP contribution is 2.64. The molecule has 2 aliphatic carbocycles. The van der Waals surface area contributed by atoms with E-state index in [-0.39, 0.29) is 35.6 Å². The van der Waals surface area contributed by atoms with Gasteiger partial charge in [-0.3, -0.25) is 29.5 Å². The molecule has 1 saturated carbocycles. The minimum Gasteiger partial charge on any atom is -0.507 e. The van der Waals surface area contributed by atoms with Crippen LogP contribution in [-0.2, 0) is 24.6 Å². The number of aromatic hydroxyl groups is 1. The van der Waals surface area contributed by atoms with Gasteiger partial charge in [-0.2, -0.15) is 5.01 Å². The number of rotatable bonds is 6. The number of allylic oxidation sites excluding steroid dienone is 2. The second kappa shape index (κ2) is 11.7. The molecule has 0 radical (unpaired) electrons. The van der Waals surface area contributed by atoms with Crippen LogP contribution in [0.1, 0.15) is 47.9 Å². The Kier molecular flexibility index (Phi) is 7.83. The number of imide groups is 2. The van der Waals surface area contributed by atoms with Gasteiger partial charge in [-0.05, 0) is 92.1 Å². The van der Waals surface area contributed by atoms with Crippen LogP contribution in [0.4, 0.5) is 5.69 Å². The average Bonchev–Trinajstić information content (AvgIpc) is 3.44. The highest BCUT2D eigenvalue weighted by molar-refractivity contribution is 6.36. The van der Waals surface area contributed by atoms with Crippen molar-refractivity contribution in [3.63, 3.8) is 0 Å². The van der Waals surface area contributed by atoms with E-state index in [4.69, 9.17) is 27.9 Å². The number of anilines is 1. The van der Waals surface area contributed by atoms with Gasteiger partial charge in [0.2, 0.25) is 11.8 Å². The summed E-state index contributed by atoms with van der Waals surface area (Å²) in [5.41, 5.74) is 5.29. The van der Waals surface area contributed by atoms with Gasteiger partial charge in [0, 0.05) is 17.5 Å². The number of benzene rings is 3. The molecule has 7 rings (SSSR count). The smallest absolute Gasteiger partial charge is 0.260 e. The number of nitrogens with one attached hydrogen (secondary N) is 1. The lowest BCUT2D eigenvalue weighted by atomic mass is 9.49. The standard InChI is InChI=1S/C37H35Cl2N3O6/c1-5-41-33(44)25-12-11-24-26(30(25)35(41)46)17-27-34(45)42(40-29-13-8-22(38)16-28(29)39)36(47)37(27,21-6-9-23(48-4)10-7-21)31(24)20-14-18(2)32(43)19(3)15-20/h6-11,13-16,25-27,30-31,40,43H,5,12,17H2,1-4H3. The fourth-order valence-corrected chi connectivity index (χ4v) is 9.20. The van der Waals surface area contributed by atoms with E-state index >= 15 is 4.79 Å². The van der Waals surface area contributed by atoms with E-state index in [2.05, 4.69) is 5.43 Å². The van der Waals surface area contributed by atoms with Crippen LogP contribution in [0.15, 0.2) is 66.2 Å². The number of amides is 4. The second-order valence-electron chi connectivity index (χ2n) is 13.1. The first-order valence-corrected chi connectivity index (χ1v) is 16.8. The number of hydrogen-bond acceptors (Lipinski definition) is 7. The Morgan fingerprint density at radius 2 is 1.62 bits per heavy atom. The maximum atomic E-state index is 15.3. The Hall–Kier alpha value is -4.34. The minimum absolute atomic E-state index is 0.142. The molecule has 3 aromatic rings. The maximum Gasteiger partial charge on any atom is 0.260 e. The number of aryl methyl sites for hydroxylation is 2. The molecule has 0 spiro atoms. The minimum atomic E-state index is -1.46. The van der Waals surface area contributed by atoms with Crippen LogP contribution in [0, 0.1) is 37.5 Å². The quantitative estimate of drug-likeness (QED) is 0.230. The zero-order valence-corrected chi connectivity index (χ0v) is 28.4. The first-order valence-electron chi connectivity index (χ1n) is 16.0. The van der Waals surface area contributed by atoms with Gasteiger partial charge in [0.05, 0.1) is 41.0 Å². The highest BCUT2D eigenvalue weighted by Gasteiger charge is 2.70. The summed E-state index contributed by atoms with van der Waals surface area (Å²) in [6, 6.07) is 15.6. The molecular weight excluding hydrogens is 653 g/mol. The van der Waals surface area contributed by atoms with Gasteiger partial charge in [-0.15, -0.1) is 0 Å². The van der Waals surface area contributed by atoms with E-state index in [0.717, 1.165) is 16.1 Å². The molecule has 2 saturated heterocycles. The number of fused-ring (bicyclic) bond motifs is 4. The molecule has 6 unspecified atom stereocenters. The lowest BCUT2D eigenvalue weighted by molar-refractivity contribution is -0.141. The first-order chi connectivity index (χ1) is 22.9. The zero-order valence-electron chi connectivity index (χ0n) is 26.9. The van der Waals surface area contributed by atoms with Crippen molar-refractivity contribution >= 4 is 52.5 Å². The Balaban J connectivity index is 1.49. The van der Waals surface area contributed by atoms with Gasteiger partial charge < -0.3 is 9.84 Å². The van der Waals surface area contributed by atoms with E-state index in [9.17, 15) is 19.5 Å². The first kappa shape index (κ1) is 32.2. The largest absolute Gasteiger partial charge is 0.507 e. The monoisotopic (exact) mass is 687 g/mol. The van der Waals surface area contributed by atoms with Crippen molar-refractivity contribution in [3.8, 4) is 11.5 Å². The number of carbonyl (C=O) groups is 4. The maximum absolute atomic E-state index is 15.3. The van der Waals surface area contributed by atoms with Crippen molar-refractivity contribution in [2.45, 2.75) is 44.9 Å². The fourth-order valence-electron chi connectivity index (χ4n) is 8.75. The van der Waals surface area contributed by atoms with Gasteiger partial charge in [0.25, 0.3) is 11.8 Å². The molecule has 0 aromatic heterocycles. The molecule has 248 valence electrons. The average molecular weight is 689 g/mol. The lowest BCUT2D eigenvalue weighted by Crippen LogP contribution is -2.53. The van der Waals surface area contributed by atoms with E-state index < -0.39 is 46.8 Å². The molecule has 4 aliphatic rings. The van der Waals surface area contributed by atoms with E-state index in [1.807, 2.05) is 30.3 Å². The third-order valence-electron chi connectivity index (χ3n) is 10.8. The number of halogens is 2. The molecular formula is C37H35Cl2N3O6. The number of phenolic OH excluding ortho intramolecular Hbond substituents is 1. The molecule has 3 aromatic carbocycles. The molecule has 2 aliphatic heterocycles. The Morgan fingerprint density at radius 1 is 0.938 bits per heavy atom. The van der Waals surface area contributed by atoms with Crippen molar-refractivity contribution in [2.75, 3.05) is 19.1 Å². The summed E-state index contributed by atoms with van der Waals surface area (Å²) in [5.74, 6) is -3.94. The van der Waals surface area contributed by atoms with Crippen molar-refractivity contribution in [1.82, 2.24) is 9.91 Å². The zero-order chi connectivity index (χ0) is 34.2. The molecule has 0 bridgehead atoms. The molecule has 6 atom stereocenters. The SMILES string of the molecule is CCN1C(=O)C2CC=C3C(CC4C(=O)N(Nc5ccc(Cl)cc5Cl)C(=O)C4(c4ccc(OC)cc4)C3c3cc(C)c(O)c(C)c3)C2C1=O. The van der Waals surface area contributed by atoms with Gasteiger partial charge >= 0.3 is 0 Å². The van der Waals surface area contributed by atoms with Crippen LogP contribution in [0.2, 0.25) is 10.0 Å². The third-order valence-corrected chi connectivity index (χ3v) is 11.4. The van der Waals surface area contributed by atoms with Crippen LogP contribution < -0.4 is 10.2 Å². The van der Waals surface area contributed by atoms with Crippen LogP contribution in [0.3, 0.4) is 0 Å². The highest BCUT2D eigenvalue weighted by atomic mass is 35.5. The van der Waals surface area contributed by atoms with Gasteiger partial charge in [0.1, 0.15) is 11.5 Å². The number of likely N-dealkylation sites (tertiary alicyclic amines) is 1. The summed E-state index contributed by atoms with van der Waals surface area (Å²) in [7, 11) is 1.56. The van der Waals surface area contributed by atoms with Crippen LogP contribution >= 0.6 is 23.2 Å². The Morgan fingerprint density at radius 3 is 2.25 bits per heavy atom. The van der Waals surface area contributed by atoms with Crippen molar-refractivity contribution < 1.29 is 29.0 Å². The summed E-state index contributed by atoms with van der Waals surface area (Å²) >= 11 is 12.7. The number of methoxy groups -OCH3 is 1. The summed E-state index contributed by atoms with van der Waals surface area (Å²) in [4.78, 5) is 58.7.